The molecule has 110 valence electrons. The summed E-state index contributed by atoms with van der Waals surface area (Å²) >= 11 is 6.10. The molecule has 0 radical (unpaired) electrons. The molecule has 1 aliphatic heterocycles. The summed E-state index contributed by atoms with van der Waals surface area (Å²) in [6, 6.07) is 9.61. The van der Waals surface area contributed by atoms with E-state index in [-0.39, 0.29) is 18.4 Å². The molecular formula is C15H16ClN3O2. The average molecular weight is 306 g/mol. The van der Waals surface area contributed by atoms with Crippen molar-refractivity contribution in [1.29, 1.82) is 0 Å². The summed E-state index contributed by atoms with van der Waals surface area (Å²) in [7, 11) is 0. The van der Waals surface area contributed by atoms with Crippen molar-refractivity contribution in [3.63, 3.8) is 0 Å². The molecule has 2 heterocycles. The van der Waals surface area contributed by atoms with Crippen LogP contribution in [0.15, 0.2) is 36.5 Å². The quantitative estimate of drug-likeness (QED) is 0.872. The van der Waals surface area contributed by atoms with E-state index in [1.165, 1.54) is 0 Å². The number of aromatic nitrogens is 2. The first-order valence-corrected chi connectivity index (χ1v) is 7.33. The molecule has 1 aliphatic rings. The van der Waals surface area contributed by atoms with Gasteiger partial charge in [-0.15, -0.1) is 5.10 Å². The second-order valence-electron chi connectivity index (χ2n) is 4.94. The summed E-state index contributed by atoms with van der Waals surface area (Å²) in [6.07, 6.45) is 3.80. The normalized spacial score (nSPS) is 14.4. The van der Waals surface area contributed by atoms with Crippen molar-refractivity contribution in [2.24, 2.45) is 0 Å². The van der Waals surface area contributed by atoms with Gasteiger partial charge in [0.15, 0.2) is 6.61 Å². The number of benzene rings is 1. The van der Waals surface area contributed by atoms with Crippen molar-refractivity contribution in [2.75, 3.05) is 19.7 Å². The van der Waals surface area contributed by atoms with Crippen LogP contribution in [-0.4, -0.2) is 40.3 Å². The average Bonchev–Trinajstić information content (AvgIpc) is 3.16. The Morgan fingerprint density at radius 2 is 1.95 bits per heavy atom. The van der Waals surface area contributed by atoms with Gasteiger partial charge >= 0.3 is 0 Å². The van der Waals surface area contributed by atoms with Crippen LogP contribution >= 0.6 is 11.6 Å². The van der Waals surface area contributed by atoms with Crippen LogP contribution in [0.5, 0.6) is 5.88 Å². The van der Waals surface area contributed by atoms with Crippen molar-refractivity contribution in [1.82, 2.24) is 14.7 Å². The van der Waals surface area contributed by atoms with Crippen molar-refractivity contribution in [3.8, 4) is 11.6 Å². The molecule has 1 saturated heterocycles. The zero-order valence-electron chi connectivity index (χ0n) is 11.5. The summed E-state index contributed by atoms with van der Waals surface area (Å²) in [6.45, 7) is 1.61. The lowest BCUT2D eigenvalue weighted by atomic mass is 10.3. The maximum atomic E-state index is 11.9. The Kier molecular flexibility index (Phi) is 4.10. The van der Waals surface area contributed by atoms with Gasteiger partial charge in [0.1, 0.15) is 5.02 Å². The lowest BCUT2D eigenvalue weighted by Crippen LogP contribution is -2.32. The highest BCUT2D eigenvalue weighted by molar-refractivity contribution is 6.31. The molecule has 0 atom stereocenters. The molecule has 0 saturated carbocycles. The second kappa shape index (κ2) is 6.18. The number of para-hydroxylation sites is 1. The van der Waals surface area contributed by atoms with E-state index in [0.29, 0.717) is 5.02 Å². The number of ether oxygens (including phenoxy) is 1. The van der Waals surface area contributed by atoms with Gasteiger partial charge < -0.3 is 9.64 Å². The predicted molar refractivity (Wildman–Crippen MR) is 79.9 cm³/mol. The van der Waals surface area contributed by atoms with E-state index < -0.39 is 0 Å². The zero-order chi connectivity index (χ0) is 14.7. The van der Waals surface area contributed by atoms with Crippen LogP contribution in [0.25, 0.3) is 5.69 Å². The zero-order valence-corrected chi connectivity index (χ0v) is 12.3. The smallest absolute Gasteiger partial charge is 0.260 e. The fourth-order valence-electron chi connectivity index (χ4n) is 2.34. The van der Waals surface area contributed by atoms with E-state index in [1.807, 2.05) is 35.2 Å². The number of carbonyl (C=O) groups excluding carboxylic acids is 1. The van der Waals surface area contributed by atoms with E-state index >= 15 is 0 Å². The van der Waals surface area contributed by atoms with Gasteiger partial charge in [-0.05, 0) is 25.0 Å². The van der Waals surface area contributed by atoms with E-state index in [4.69, 9.17) is 16.3 Å². The Balaban J connectivity index is 1.66. The Labute approximate surface area is 128 Å². The fraction of sp³-hybridized carbons (Fsp3) is 0.333. The van der Waals surface area contributed by atoms with E-state index in [9.17, 15) is 4.79 Å². The molecular weight excluding hydrogens is 290 g/mol. The highest BCUT2D eigenvalue weighted by Crippen LogP contribution is 2.24. The number of amides is 1. The molecule has 0 unspecified atom stereocenters. The molecule has 0 spiro atoms. The largest absolute Gasteiger partial charge is 0.465 e. The molecule has 1 aromatic carbocycles. The van der Waals surface area contributed by atoms with E-state index in [0.717, 1.165) is 31.6 Å². The number of likely N-dealkylation sites (tertiary alicyclic amines) is 1. The van der Waals surface area contributed by atoms with Crippen molar-refractivity contribution < 1.29 is 9.53 Å². The topological polar surface area (TPSA) is 47.4 Å². The first kappa shape index (κ1) is 13.9. The Bertz CT molecular complexity index is 621. The minimum Gasteiger partial charge on any atom is -0.465 e. The maximum absolute atomic E-state index is 11.9. The number of nitrogens with zero attached hydrogens (tertiary/aromatic N) is 3. The van der Waals surface area contributed by atoms with E-state index in [1.54, 1.807) is 10.9 Å². The second-order valence-corrected chi connectivity index (χ2v) is 5.35. The molecule has 1 fully saturated rings. The van der Waals surface area contributed by atoms with Crippen LogP contribution in [0, 0.1) is 0 Å². The molecule has 0 aliphatic carbocycles. The SMILES string of the molecule is O=C(COc1nn(-c2ccccc2)cc1Cl)N1CCCC1. The van der Waals surface area contributed by atoms with E-state index in [2.05, 4.69) is 5.10 Å². The summed E-state index contributed by atoms with van der Waals surface area (Å²) in [5, 5.41) is 4.67. The molecule has 3 rings (SSSR count). The first-order chi connectivity index (χ1) is 10.2. The number of halogens is 1. The van der Waals surface area contributed by atoms with Crippen LogP contribution < -0.4 is 4.74 Å². The molecule has 6 heteroatoms. The summed E-state index contributed by atoms with van der Waals surface area (Å²) in [5.74, 6) is 0.269. The molecule has 5 nitrogen and oxygen atoms in total. The van der Waals surface area contributed by atoms with Crippen molar-refractivity contribution >= 4 is 17.5 Å². The van der Waals surface area contributed by atoms with Gasteiger partial charge in [0.2, 0.25) is 0 Å². The lowest BCUT2D eigenvalue weighted by Gasteiger charge is -2.14. The van der Waals surface area contributed by atoms with Gasteiger partial charge in [0.25, 0.3) is 11.8 Å². The van der Waals surface area contributed by atoms with Crippen LogP contribution in [0.4, 0.5) is 0 Å². The van der Waals surface area contributed by atoms with Gasteiger partial charge in [-0.1, -0.05) is 29.8 Å². The van der Waals surface area contributed by atoms with Gasteiger partial charge in [-0.2, -0.15) is 0 Å². The Morgan fingerprint density at radius 3 is 2.67 bits per heavy atom. The highest BCUT2D eigenvalue weighted by Gasteiger charge is 2.19. The van der Waals surface area contributed by atoms with Gasteiger partial charge in [0.05, 0.1) is 11.9 Å². The van der Waals surface area contributed by atoms with Gasteiger partial charge in [-0.25, -0.2) is 4.68 Å². The third-order valence-corrected chi connectivity index (χ3v) is 3.71. The van der Waals surface area contributed by atoms with Gasteiger partial charge in [-0.3, -0.25) is 4.79 Å². The Hall–Kier alpha value is -2.01. The molecule has 0 bridgehead atoms. The maximum Gasteiger partial charge on any atom is 0.260 e. The first-order valence-electron chi connectivity index (χ1n) is 6.95. The number of hydrogen-bond acceptors (Lipinski definition) is 3. The standard InChI is InChI=1S/C15H16ClN3O2/c16-13-10-19(12-6-2-1-3-7-12)17-15(13)21-11-14(20)18-8-4-5-9-18/h1-3,6-7,10H,4-5,8-9,11H2. The predicted octanol–water partition coefficient (Wildman–Crippen LogP) is 2.53. The minimum absolute atomic E-state index is 0.0159. The van der Waals surface area contributed by atoms with Crippen LogP contribution in [0.3, 0.4) is 0 Å². The van der Waals surface area contributed by atoms with Crippen molar-refractivity contribution in [2.45, 2.75) is 12.8 Å². The summed E-state index contributed by atoms with van der Waals surface area (Å²) in [4.78, 5) is 13.7. The van der Waals surface area contributed by atoms with Crippen LogP contribution in [0.2, 0.25) is 5.02 Å². The third kappa shape index (κ3) is 3.19. The van der Waals surface area contributed by atoms with Crippen LogP contribution in [0.1, 0.15) is 12.8 Å². The monoisotopic (exact) mass is 305 g/mol. The molecule has 1 aromatic heterocycles. The molecule has 1 amide bonds. The number of rotatable bonds is 4. The third-order valence-electron chi connectivity index (χ3n) is 3.45. The van der Waals surface area contributed by atoms with Crippen LogP contribution in [-0.2, 0) is 4.79 Å². The Morgan fingerprint density at radius 1 is 1.24 bits per heavy atom. The lowest BCUT2D eigenvalue weighted by molar-refractivity contribution is -0.132. The highest BCUT2D eigenvalue weighted by atomic mass is 35.5. The molecule has 21 heavy (non-hydrogen) atoms. The summed E-state index contributed by atoms with van der Waals surface area (Å²) in [5.41, 5.74) is 0.889. The van der Waals surface area contributed by atoms with Gasteiger partial charge in [0, 0.05) is 13.1 Å². The molecule has 2 aromatic rings. The summed E-state index contributed by atoms with van der Waals surface area (Å²) < 4.78 is 7.09. The molecule has 0 N–H and O–H groups in total. The number of hydrogen-bond donors (Lipinski definition) is 0. The van der Waals surface area contributed by atoms with Crippen molar-refractivity contribution in [3.05, 3.63) is 41.6 Å². The number of carbonyl (C=O) groups is 1. The fourth-order valence-corrected chi connectivity index (χ4v) is 2.52. The minimum atomic E-state index is -0.0223.